The number of ether oxygens (including phenoxy) is 1. The van der Waals surface area contributed by atoms with Crippen LogP contribution in [0.4, 0.5) is 4.39 Å². The van der Waals surface area contributed by atoms with Crippen molar-refractivity contribution >= 4 is 15.9 Å². The lowest BCUT2D eigenvalue weighted by Crippen LogP contribution is -2.41. The highest BCUT2D eigenvalue weighted by Crippen LogP contribution is 2.27. The maximum absolute atomic E-state index is 13.1. The molecule has 2 aromatic carbocycles. The van der Waals surface area contributed by atoms with E-state index < -0.39 is 10.0 Å². The third-order valence-corrected chi connectivity index (χ3v) is 7.05. The number of carbonyl (C=O) groups is 1. The van der Waals surface area contributed by atoms with E-state index in [1.54, 1.807) is 24.3 Å². The van der Waals surface area contributed by atoms with Gasteiger partial charge in [-0.05, 0) is 74.6 Å². The number of methoxy groups -OCH3 is 1. The van der Waals surface area contributed by atoms with Gasteiger partial charge in [-0.2, -0.15) is 0 Å². The van der Waals surface area contributed by atoms with Gasteiger partial charge in [0.2, 0.25) is 15.9 Å². The molecule has 0 spiro atoms. The molecule has 8 heteroatoms. The Balaban J connectivity index is 1.51. The number of sulfonamides is 1. The minimum absolute atomic E-state index is 0.0525. The molecule has 30 heavy (non-hydrogen) atoms. The predicted molar refractivity (Wildman–Crippen MR) is 112 cm³/mol. The molecule has 0 bridgehead atoms. The summed E-state index contributed by atoms with van der Waals surface area (Å²) in [5, 5.41) is 2.97. The predicted octanol–water partition coefficient (Wildman–Crippen LogP) is 3.55. The quantitative estimate of drug-likeness (QED) is 0.698. The van der Waals surface area contributed by atoms with Crippen molar-refractivity contribution in [2.24, 2.45) is 5.92 Å². The fraction of sp³-hybridized carbons (Fsp3) is 0.409. The summed E-state index contributed by atoms with van der Waals surface area (Å²) in [6.45, 7) is 1.86. The zero-order chi connectivity index (χ0) is 21.7. The van der Waals surface area contributed by atoms with Gasteiger partial charge in [-0.25, -0.2) is 17.5 Å². The molecule has 0 aliphatic heterocycles. The molecule has 2 N–H and O–H groups in total. The van der Waals surface area contributed by atoms with Crippen LogP contribution in [0.2, 0.25) is 0 Å². The van der Waals surface area contributed by atoms with E-state index in [0.29, 0.717) is 31.4 Å². The summed E-state index contributed by atoms with van der Waals surface area (Å²) in [4.78, 5) is 12.8. The molecule has 162 valence electrons. The lowest BCUT2D eigenvalue weighted by Gasteiger charge is -2.29. The first-order valence-electron chi connectivity index (χ1n) is 10.0. The Hall–Kier alpha value is -2.45. The molecule has 0 radical (unpaired) electrons. The van der Waals surface area contributed by atoms with Gasteiger partial charge in [0, 0.05) is 12.0 Å². The number of nitrogens with one attached hydrogen (secondary N) is 2. The summed E-state index contributed by atoms with van der Waals surface area (Å²) in [7, 11) is -2.09. The summed E-state index contributed by atoms with van der Waals surface area (Å²) < 4.78 is 46.0. The standard InChI is InChI=1S/C22H27FN2O4S/c1-15(16-3-7-18(23)8-4-16)24-22(26)17-5-9-19(10-6-17)25-30(27,28)21-13-11-20(29-2)12-14-21/h3-4,7-8,11-15,17,19,25H,5-6,9-10H2,1-2H3,(H,24,26)/t15-,17-,19-/m1/s1. The number of amides is 1. The van der Waals surface area contributed by atoms with Crippen molar-refractivity contribution in [1.82, 2.24) is 10.0 Å². The van der Waals surface area contributed by atoms with E-state index >= 15 is 0 Å². The second kappa shape index (κ2) is 9.57. The van der Waals surface area contributed by atoms with E-state index in [2.05, 4.69) is 10.0 Å². The average Bonchev–Trinajstić information content (AvgIpc) is 2.74. The molecule has 0 aromatic heterocycles. The Morgan fingerprint density at radius 2 is 1.63 bits per heavy atom. The van der Waals surface area contributed by atoms with Gasteiger partial charge in [-0.1, -0.05) is 12.1 Å². The summed E-state index contributed by atoms with van der Waals surface area (Å²) in [5.74, 6) is 0.0703. The summed E-state index contributed by atoms with van der Waals surface area (Å²) in [6.07, 6.45) is 2.41. The van der Waals surface area contributed by atoms with Gasteiger partial charge in [-0.3, -0.25) is 4.79 Å². The molecule has 1 fully saturated rings. The molecule has 0 unspecified atom stereocenters. The smallest absolute Gasteiger partial charge is 0.240 e. The van der Waals surface area contributed by atoms with Crippen LogP contribution in [0.5, 0.6) is 5.75 Å². The SMILES string of the molecule is COc1ccc(S(=O)(=O)N[C@H]2CC[C@H](C(=O)N[C@H](C)c3ccc(F)cc3)CC2)cc1. The molecule has 1 amide bonds. The zero-order valence-corrected chi connectivity index (χ0v) is 17.9. The number of hydrogen-bond donors (Lipinski definition) is 2. The van der Waals surface area contributed by atoms with Crippen LogP contribution in [-0.4, -0.2) is 27.5 Å². The summed E-state index contributed by atoms with van der Waals surface area (Å²) >= 11 is 0. The molecular formula is C22H27FN2O4S. The highest BCUT2D eigenvalue weighted by atomic mass is 32.2. The Morgan fingerprint density at radius 1 is 1.03 bits per heavy atom. The lowest BCUT2D eigenvalue weighted by molar-refractivity contribution is -0.126. The van der Waals surface area contributed by atoms with E-state index in [4.69, 9.17) is 4.74 Å². The number of halogens is 1. The van der Waals surface area contributed by atoms with Gasteiger partial charge in [0.15, 0.2) is 0 Å². The minimum atomic E-state index is -3.62. The van der Waals surface area contributed by atoms with E-state index in [0.717, 1.165) is 5.56 Å². The second-order valence-electron chi connectivity index (χ2n) is 7.63. The summed E-state index contributed by atoms with van der Waals surface area (Å²) in [5.41, 5.74) is 0.839. The molecule has 1 atom stereocenters. The van der Waals surface area contributed by atoms with Gasteiger partial charge in [0.25, 0.3) is 0 Å². The van der Waals surface area contributed by atoms with Gasteiger partial charge in [0.05, 0.1) is 18.0 Å². The fourth-order valence-electron chi connectivity index (χ4n) is 3.68. The molecule has 3 rings (SSSR count). The highest BCUT2D eigenvalue weighted by molar-refractivity contribution is 7.89. The van der Waals surface area contributed by atoms with Crippen molar-refractivity contribution in [2.45, 2.75) is 49.6 Å². The van der Waals surface area contributed by atoms with Crippen molar-refractivity contribution in [2.75, 3.05) is 7.11 Å². The molecule has 6 nitrogen and oxygen atoms in total. The van der Waals surface area contributed by atoms with E-state index in [1.165, 1.54) is 31.4 Å². The van der Waals surface area contributed by atoms with Crippen LogP contribution in [0.3, 0.4) is 0 Å². The van der Waals surface area contributed by atoms with Crippen molar-refractivity contribution in [1.29, 1.82) is 0 Å². The highest BCUT2D eigenvalue weighted by Gasteiger charge is 2.29. The Morgan fingerprint density at radius 3 is 2.20 bits per heavy atom. The third kappa shape index (κ3) is 5.58. The van der Waals surface area contributed by atoms with Gasteiger partial charge < -0.3 is 10.1 Å². The van der Waals surface area contributed by atoms with E-state index in [-0.39, 0.29) is 34.6 Å². The second-order valence-corrected chi connectivity index (χ2v) is 9.34. The van der Waals surface area contributed by atoms with Gasteiger partial charge >= 0.3 is 0 Å². The van der Waals surface area contributed by atoms with Crippen molar-refractivity contribution in [3.8, 4) is 5.75 Å². The van der Waals surface area contributed by atoms with Gasteiger partial charge in [-0.15, -0.1) is 0 Å². The minimum Gasteiger partial charge on any atom is -0.497 e. The Bertz CT molecular complexity index is 954. The van der Waals surface area contributed by atoms with Crippen molar-refractivity contribution in [3.05, 3.63) is 59.9 Å². The fourth-order valence-corrected chi connectivity index (χ4v) is 4.99. The molecular weight excluding hydrogens is 407 g/mol. The van der Waals surface area contributed by atoms with E-state index in [1.807, 2.05) is 6.92 Å². The van der Waals surface area contributed by atoms with Crippen LogP contribution in [0.15, 0.2) is 53.4 Å². The first-order chi connectivity index (χ1) is 14.3. The monoisotopic (exact) mass is 434 g/mol. The number of carbonyl (C=O) groups excluding carboxylic acids is 1. The van der Waals surface area contributed by atoms with Crippen LogP contribution in [-0.2, 0) is 14.8 Å². The van der Waals surface area contributed by atoms with Crippen LogP contribution in [0, 0.1) is 11.7 Å². The average molecular weight is 435 g/mol. The number of rotatable bonds is 7. The van der Waals surface area contributed by atoms with Crippen LogP contribution < -0.4 is 14.8 Å². The van der Waals surface area contributed by atoms with Gasteiger partial charge in [0.1, 0.15) is 11.6 Å². The Kier molecular flexibility index (Phi) is 7.10. The van der Waals surface area contributed by atoms with Crippen LogP contribution in [0.1, 0.15) is 44.2 Å². The molecule has 2 aromatic rings. The van der Waals surface area contributed by atoms with E-state index in [9.17, 15) is 17.6 Å². The Labute approximate surface area is 176 Å². The third-order valence-electron chi connectivity index (χ3n) is 5.52. The molecule has 1 aliphatic carbocycles. The molecule has 0 saturated heterocycles. The topological polar surface area (TPSA) is 84.5 Å². The van der Waals surface area contributed by atoms with Crippen molar-refractivity contribution in [3.63, 3.8) is 0 Å². The molecule has 0 heterocycles. The molecule has 1 aliphatic rings. The lowest BCUT2D eigenvalue weighted by atomic mass is 9.85. The maximum Gasteiger partial charge on any atom is 0.240 e. The summed E-state index contributed by atoms with van der Waals surface area (Å²) in [6, 6.07) is 11.9. The first-order valence-corrected chi connectivity index (χ1v) is 11.5. The van der Waals surface area contributed by atoms with Crippen LogP contribution >= 0.6 is 0 Å². The first kappa shape index (κ1) is 22.2. The zero-order valence-electron chi connectivity index (χ0n) is 17.1. The normalized spacial score (nSPS) is 20.4. The molecule has 1 saturated carbocycles. The largest absolute Gasteiger partial charge is 0.497 e. The number of benzene rings is 2. The maximum atomic E-state index is 13.1. The number of hydrogen-bond acceptors (Lipinski definition) is 4. The van der Waals surface area contributed by atoms with Crippen molar-refractivity contribution < 1.29 is 22.3 Å². The van der Waals surface area contributed by atoms with Crippen LogP contribution in [0.25, 0.3) is 0 Å².